The van der Waals surface area contributed by atoms with Crippen LogP contribution in [-0.2, 0) is 9.59 Å². The fourth-order valence-electron chi connectivity index (χ4n) is 4.17. The molecule has 2 aliphatic rings. The van der Waals surface area contributed by atoms with Crippen molar-refractivity contribution in [3.8, 4) is 5.75 Å². The molecule has 2 aliphatic heterocycles. The molecule has 3 unspecified atom stereocenters. The van der Waals surface area contributed by atoms with E-state index in [1.807, 2.05) is 56.3 Å². The molecule has 4 rings (SSSR count). The van der Waals surface area contributed by atoms with Crippen LogP contribution in [0.2, 0.25) is 0 Å². The van der Waals surface area contributed by atoms with E-state index < -0.39 is 11.9 Å². The summed E-state index contributed by atoms with van der Waals surface area (Å²) in [5.74, 6) is -1.25. The van der Waals surface area contributed by atoms with Gasteiger partial charge in [0.15, 0.2) is 0 Å². The van der Waals surface area contributed by atoms with Crippen molar-refractivity contribution >= 4 is 11.9 Å². The highest BCUT2D eigenvalue weighted by atomic mass is 16.5. The number of ether oxygens (including phenoxy) is 1. The van der Waals surface area contributed by atoms with Crippen molar-refractivity contribution in [2.24, 2.45) is 5.92 Å². The highest BCUT2D eigenvalue weighted by Crippen LogP contribution is 2.39. The Bertz CT molecular complexity index is 893. The first-order chi connectivity index (χ1) is 13.0. The fourth-order valence-corrected chi connectivity index (χ4v) is 4.17. The molecule has 2 aromatic rings. The highest BCUT2D eigenvalue weighted by molar-refractivity contribution is 5.87. The van der Waals surface area contributed by atoms with Crippen LogP contribution in [0.4, 0.5) is 0 Å². The van der Waals surface area contributed by atoms with E-state index in [2.05, 4.69) is 0 Å². The molecule has 5 nitrogen and oxygen atoms in total. The number of hydrogen-bond acceptors (Lipinski definition) is 3. The second-order valence-corrected chi connectivity index (χ2v) is 7.54. The molecule has 0 aliphatic carbocycles. The second kappa shape index (κ2) is 6.72. The fraction of sp³-hybridized carbons (Fsp3) is 0.364. The molecular formula is C22H23NO4. The maximum absolute atomic E-state index is 13.2. The maximum atomic E-state index is 13.2. The van der Waals surface area contributed by atoms with Crippen LogP contribution in [0.15, 0.2) is 42.5 Å². The number of likely N-dealkylation sites (tertiary alicyclic amines) is 1. The topological polar surface area (TPSA) is 66.8 Å². The van der Waals surface area contributed by atoms with Crippen LogP contribution >= 0.6 is 0 Å². The molecular weight excluding hydrogens is 342 g/mol. The van der Waals surface area contributed by atoms with Crippen molar-refractivity contribution in [3.63, 3.8) is 0 Å². The Morgan fingerprint density at radius 1 is 1.07 bits per heavy atom. The predicted octanol–water partition coefficient (Wildman–Crippen LogP) is 3.11. The van der Waals surface area contributed by atoms with E-state index in [0.29, 0.717) is 13.2 Å². The number of carboxylic acid groups (broad SMARTS) is 1. The average Bonchev–Trinajstić information content (AvgIpc) is 3.27. The molecule has 1 amide bonds. The molecule has 1 N–H and O–H groups in total. The summed E-state index contributed by atoms with van der Waals surface area (Å²) in [6.45, 7) is 5.04. The molecule has 0 bridgehead atoms. The van der Waals surface area contributed by atoms with Crippen LogP contribution in [0.5, 0.6) is 5.75 Å². The lowest BCUT2D eigenvalue weighted by molar-refractivity contribution is -0.142. The quantitative estimate of drug-likeness (QED) is 0.908. The summed E-state index contributed by atoms with van der Waals surface area (Å²) < 4.78 is 5.75. The molecule has 0 aromatic heterocycles. The number of aliphatic carboxylic acids is 1. The van der Waals surface area contributed by atoms with Gasteiger partial charge in [-0.1, -0.05) is 36.4 Å². The minimum Gasteiger partial charge on any atom is -0.492 e. The van der Waals surface area contributed by atoms with Crippen LogP contribution < -0.4 is 4.74 Å². The van der Waals surface area contributed by atoms with Gasteiger partial charge in [0.25, 0.3) is 0 Å². The smallest absolute Gasteiger partial charge is 0.308 e. The van der Waals surface area contributed by atoms with Gasteiger partial charge in [0.05, 0.1) is 5.92 Å². The minimum absolute atomic E-state index is 0.0401. The number of nitrogens with zero attached hydrogens (tertiary/aromatic N) is 1. The summed E-state index contributed by atoms with van der Waals surface area (Å²) in [5, 5.41) is 9.67. The zero-order chi connectivity index (χ0) is 19.1. The van der Waals surface area contributed by atoms with E-state index in [4.69, 9.17) is 4.74 Å². The Morgan fingerprint density at radius 2 is 1.78 bits per heavy atom. The molecule has 140 valence electrons. The Kier molecular flexibility index (Phi) is 4.38. The Morgan fingerprint density at radius 3 is 2.48 bits per heavy atom. The van der Waals surface area contributed by atoms with Gasteiger partial charge < -0.3 is 14.7 Å². The van der Waals surface area contributed by atoms with Crippen LogP contribution in [-0.4, -0.2) is 41.6 Å². The molecule has 0 spiro atoms. The van der Waals surface area contributed by atoms with Gasteiger partial charge in [-0.15, -0.1) is 0 Å². The van der Waals surface area contributed by atoms with Gasteiger partial charge in [-0.3, -0.25) is 9.59 Å². The molecule has 2 heterocycles. The molecule has 5 heteroatoms. The van der Waals surface area contributed by atoms with Crippen molar-refractivity contribution in [3.05, 3.63) is 64.7 Å². The number of benzene rings is 2. The van der Waals surface area contributed by atoms with Crippen molar-refractivity contribution in [1.29, 1.82) is 0 Å². The van der Waals surface area contributed by atoms with E-state index >= 15 is 0 Å². The summed E-state index contributed by atoms with van der Waals surface area (Å²) in [5.41, 5.74) is 4.15. The van der Waals surface area contributed by atoms with Gasteiger partial charge >= 0.3 is 5.97 Å². The SMILES string of the molecule is Cc1cc2c(cc1C)C(C(=O)N1CC(C(=O)O)C(c3ccccc3)C1)CO2. The molecule has 2 aromatic carbocycles. The normalized spacial score (nSPS) is 23.8. The van der Waals surface area contributed by atoms with Gasteiger partial charge in [0.2, 0.25) is 5.91 Å². The number of amides is 1. The first-order valence-corrected chi connectivity index (χ1v) is 9.26. The van der Waals surface area contributed by atoms with Gasteiger partial charge in [-0.2, -0.15) is 0 Å². The monoisotopic (exact) mass is 365 g/mol. The lowest BCUT2D eigenvalue weighted by Crippen LogP contribution is -2.34. The predicted molar refractivity (Wildman–Crippen MR) is 101 cm³/mol. The summed E-state index contributed by atoms with van der Waals surface area (Å²) in [4.78, 5) is 26.7. The molecule has 1 saturated heterocycles. The number of hydrogen-bond donors (Lipinski definition) is 1. The average molecular weight is 365 g/mol. The third kappa shape index (κ3) is 3.07. The van der Waals surface area contributed by atoms with Crippen LogP contribution in [0, 0.1) is 19.8 Å². The van der Waals surface area contributed by atoms with Crippen molar-refractivity contribution < 1.29 is 19.4 Å². The van der Waals surface area contributed by atoms with E-state index in [-0.39, 0.29) is 24.3 Å². The standard InChI is InChI=1S/C22H23NO4/c1-13-8-16-19(12-27-20(16)9-14(13)2)21(24)23-10-17(18(11-23)22(25)26)15-6-4-3-5-7-15/h3-9,17-19H,10-12H2,1-2H3,(H,25,26). The summed E-state index contributed by atoms with van der Waals surface area (Å²) in [6.07, 6.45) is 0. The molecule has 27 heavy (non-hydrogen) atoms. The Balaban J connectivity index is 1.59. The van der Waals surface area contributed by atoms with Crippen LogP contribution in [0.3, 0.4) is 0 Å². The van der Waals surface area contributed by atoms with E-state index in [9.17, 15) is 14.7 Å². The van der Waals surface area contributed by atoms with Gasteiger partial charge in [0.1, 0.15) is 18.3 Å². The van der Waals surface area contributed by atoms with Crippen LogP contribution in [0.1, 0.15) is 34.1 Å². The van der Waals surface area contributed by atoms with Crippen molar-refractivity contribution in [1.82, 2.24) is 4.90 Å². The third-order valence-electron chi connectivity index (χ3n) is 5.88. The second-order valence-electron chi connectivity index (χ2n) is 7.54. The summed E-state index contributed by atoms with van der Waals surface area (Å²) in [7, 11) is 0. The molecule has 0 radical (unpaired) electrons. The molecule has 1 fully saturated rings. The largest absolute Gasteiger partial charge is 0.492 e. The molecule has 3 atom stereocenters. The van der Waals surface area contributed by atoms with E-state index in [1.165, 1.54) is 0 Å². The first-order valence-electron chi connectivity index (χ1n) is 9.26. The van der Waals surface area contributed by atoms with Gasteiger partial charge in [0, 0.05) is 24.6 Å². The maximum Gasteiger partial charge on any atom is 0.308 e. The van der Waals surface area contributed by atoms with E-state index in [1.54, 1.807) is 4.90 Å². The van der Waals surface area contributed by atoms with Gasteiger partial charge in [-0.25, -0.2) is 0 Å². The first kappa shape index (κ1) is 17.6. The van der Waals surface area contributed by atoms with Crippen LogP contribution in [0.25, 0.3) is 0 Å². The summed E-state index contributed by atoms with van der Waals surface area (Å²) >= 11 is 0. The number of fused-ring (bicyclic) bond motifs is 1. The Labute approximate surface area is 158 Å². The zero-order valence-electron chi connectivity index (χ0n) is 15.5. The number of rotatable bonds is 3. The minimum atomic E-state index is -0.853. The lowest BCUT2D eigenvalue weighted by Gasteiger charge is -2.20. The highest BCUT2D eigenvalue weighted by Gasteiger charge is 2.43. The summed E-state index contributed by atoms with van der Waals surface area (Å²) in [6, 6.07) is 13.6. The number of carbonyl (C=O) groups is 2. The number of carbonyl (C=O) groups excluding carboxylic acids is 1. The zero-order valence-corrected chi connectivity index (χ0v) is 15.5. The van der Waals surface area contributed by atoms with Gasteiger partial charge in [-0.05, 0) is 36.6 Å². The lowest BCUT2D eigenvalue weighted by atomic mass is 9.89. The van der Waals surface area contributed by atoms with Crippen molar-refractivity contribution in [2.45, 2.75) is 25.7 Å². The molecule has 0 saturated carbocycles. The number of carboxylic acids is 1. The third-order valence-corrected chi connectivity index (χ3v) is 5.88. The van der Waals surface area contributed by atoms with Crippen molar-refractivity contribution in [2.75, 3.05) is 19.7 Å². The number of aryl methyl sites for hydroxylation is 2. The Hall–Kier alpha value is -2.82. The van der Waals surface area contributed by atoms with E-state index in [0.717, 1.165) is 28.0 Å².